The fourth-order valence-electron chi connectivity index (χ4n) is 4.06. The van der Waals surface area contributed by atoms with Gasteiger partial charge in [0.2, 0.25) is 0 Å². The van der Waals surface area contributed by atoms with Crippen LogP contribution >= 0.6 is 11.6 Å². The van der Waals surface area contributed by atoms with E-state index < -0.39 is 0 Å². The van der Waals surface area contributed by atoms with Crippen molar-refractivity contribution in [2.24, 2.45) is 5.92 Å². The van der Waals surface area contributed by atoms with E-state index in [4.69, 9.17) is 11.6 Å². The van der Waals surface area contributed by atoms with Gasteiger partial charge in [0.1, 0.15) is 0 Å². The second kappa shape index (κ2) is 10.4. The molecule has 158 valence electrons. The lowest BCUT2D eigenvalue weighted by Crippen LogP contribution is -2.25. The van der Waals surface area contributed by atoms with Crippen molar-refractivity contribution in [2.75, 3.05) is 5.32 Å². The molecule has 1 aliphatic rings. The van der Waals surface area contributed by atoms with E-state index in [1.165, 1.54) is 37.6 Å². The lowest BCUT2D eigenvalue weighted by atomic mass is 9.89. The zero-order valence-electron chi connectivity index (χ0n) is 17.7. The Morgan fingerprint density at radius 2 is 1.97 bits per heavy atom. The van der Waals surface area contributed by atoms with Gasteiger partial charge in [-0.1, -0.05) is 49.1 Å². The summed E-state index contributed by atoms with van der Waals surface area (Å²) in [6.45, 7) is 4.45. The molecule has 0 unspecified atom stereocenters. The summed E-state index contributed by atoms with van der Waals surface area (Å²) in [6, 6.07) is 7.39. The summed E-state index contributed by atoms with van der Waals surface area (Å²) >= 11 is 5.74. The zero-order valence-corrected chi connectivity index (χ0v) is 18.4. The van der Waals surface area contributed by atoms with E-state index in [9.17, 15) is 9.59 Å². The first-order valence-corrected chi connectivity index (χ1v) is 11.0. The van der Waals surface area contributed by atoms with E-state index in [1.807, 2.05) is 48.9 Å². The van der Waals surface area contributed by atoms with Crippen LogP contribution in [-0.2, 0) is 11.3 Å². The Morgan fingerprint density at radius 1 is 1.20 bits per heavy atom. The van der Waals surface area contributed by atoms with E-state index in [0.29, 0.717) is 22.6 Å². The monoisotopic (exact) mass is 424 g/mol. The fraction of sp³-hybridized carbons (Fsp3) is 0.360. The molecular formula is C25H29ClN2O2. The van der Waals surface area contributed by atoms with Crippen molar-refractivity contribution in [2.45, 2.75) is 52.5 Å². The molecule has 5 heteroatoms. The molecular weight excluding hydrogens is 396 g/mol. The summed E-state index contributed by atoms with van der Waals surface area (Å²) in [5.41, 5.74) is 3.34. The van der Waals surface area contributed by atoms with Crippen LogP contribution < -0.4 is 10.9 Å². The number of benzene rings is 1. The second-order valence-electron chi connectivity index (χ2n) is 7.95. The van der Waals surface area contributed by atoms with Crippen LogP contribution in [0.3, 0.4) is 0 Å². The maximum atomic E-state index is 13.1. The van der Waals surface area contributed by atoms with Gasteiger partial charge in [-0.25, -0.2) is 0 Å². The second-order valence-corrected chi connectivity index (χ2v) is 8.17. The maximum Gasteiger partial charge on any atom is 0.258 e. The van der Waals surface area contributed by atoms with Crippen LogP contribution in [0, 0.1) is 5.92 Å². The normalized spacial score (nSPS) is 16.4. The number of halogens is 1. The van der Waals surface area contributed by atoms with Crippen LogP contribution in [-0.4, -0.2) is 10.5 Å². The predicted octanol–water partition coefficient (Wildman–Crippen LogP) is 6.17. The van der Waals surface area contributed by atoms with Gasteiger partial charge in [-0.3, -0.25) is 9.59 Å². The topological polar surface area (TPSA) is 51.1 Å². The first-order chi connectivity index (χ1) is 14.5. The Kier molecular flexibility index (Phi) is 7.69. The lowest BCUT2D eigenvalue weighted by Gasteiger charge is -2.22. The summed E-state index contributed by atoms with van der Waals surface area (Å²) < 4.78 is 1.82. The van der Waals surface area contributed by atoms with Gasteiger partial charge in [0.25, 0.3) is 11.5 Å². The number of carbonyl (C=O) groups excluding carboxylic acids is 1. The average Bonchev–Trinajstić information content (AvgIpc) is 2.76. The van der Waals surface area contributed by atoms with Crippen molar-refractivity contribution in [3.05, 3.63) is 75.7 Å². The van der Waals surface area contributed by atoms with Crippen molar-refractivity contribution in [3.63, 3.8) is 0 Å². The van der Waals surface area contributed by atoms with E-state index in [1.54, 1.807) is 18.2 Å². The number of amides is 1. The molecule has 0 spiro atoms. The number of hydrogen-bond donors (Lipinski definition) is 1. The first-order valence-electron chi connectivity index (χ1n) is 10.6. The Bertz CT molecular complexity index is 1060. The lowest BCUT2D eigenvalue weighted by molar-refractivity contribution is -0.112. The Labute approximate surface area is 182 Å². The van der Waals surface area contributed by atoms with Crippen molar-refractivity contribution in [1.82, 2.24) is 4.57 Å². The van der Waals surface area contributed by atoms with Gasteiger partial charge >= 0.3 is 0 Å². The van der Waals surface area contributed by atoms with E-state index in [-0.39, 0.29) is 11.5 Å². The summed E-state index contributed by atoms with van der Waals surface area (Å²) in [7, 11) is 0. The first kappa shape index (κ1) is 22.1. The van der Waals surface area contributed by atoms with Crippen molar-refractivity contribution < 1.29 is 4.79 Å². The van der Waals surface area contributed by atoms with Crippen LogP contribution in [0.2, 0.25) is 0 Å². The molecule has 1 aromatic heterocycles. The third-order valence-corrected chi connectivity index (χ3v) is 5.95. The molecule has 1 amide bonds. The van der Waals surface area contributed by atoms with E-state index in [0.717, 1.165) is 17.5 Å². The van der Waals surface area contributed by atoms with Crippen molar-refractivity contribution in [1.29, 1.82) is 0 Å². The molecule has 3 rings (SSSR count). The summed E-state index contributed by atoms with van der Waals surface area (Å²) in [4.78, 5) is 25.9. The number of hydrogen-bond acceptors (Lipinski definition) is 2. The largest absolute Gasteiger partial charge is 0.321 e. The van der Waals surface area contributed by atoms with Crippen molar-refractivity contribution >= 4 is 34.0 Å². The highest BCUT2D eigenvalue weighted by atomic mass is 35.5. The van der Waals surface area contributed by atoms with Crippen LogP contribution in [0.5, 0.6) is 0 Å². The van der Waals surface area contributed by atoms with Gasteiger partial charge in [-0.05, 0) is 62.5 Å². The quantitative estimate of drug-likeness (QED) is 0.445. The number of rotatable bonds is 6. The molecule has 0 saturated heterocycles. The number of carbonyl (C=O) groups is 1. The molecule has 0 atom stereocenters. The molecule has 1 N–H and O–H groups in total. The number of nitrogens with zero attached hydrogens (tertiary/aromatic N) is 1. The molecule has 0 bridgehead atoms. The minimum atomic E-state index is -0.246. The molecule has 30 heavy (non-hydrogen) atoms. The van der Waals surface area contributed by atoms with Crippen LogP contribution in [0.15, 0.2) is 70.2 Å². The van der Waals surface area contributed by atoms with Gasteiger partial charge in [0.05, 0.1) is 0 Å². The molecule has 1 aromatic carbocycles. The summed E-state index contributed by atoms with van der Waals surface area (Å²) in [6.07, 6.45) is 13.3. The zero-order chi connectivity index (χ0) is 21.5. The number of nitrogens with one attached hydrogen (secondary N) is 1. The van der Waals surface area contributed by atoms with Gasteiger partial charge < -0.3 is 9.88 Å². The molecule has 0 aliphatic heterocycles. The minimum Gasteiger partial charge on any atom is -0.321 e. The standard InChI is InChI=1S/C25H29ClN2O2/c1-3-8-20(15-18(2)16-26)24(29)27-23-12-7-11-22-21(23)13-14-28(25(22)30)17-19-9-5-4-6-10-19/h3,7-8,11-16,19H,4-6,9-10,17H2,1-2H3,(H,27,29)/b8-3-,18-16+,20-15+. The van der Waals surface area contributed by atoms with Gasteiger partial charge in [-0.2, -0.15) is 0 Å². The fourth-order valence-corrected chi connectivity index (χ4v) is 4.12. The van der Waals surface area contributed by atoms with E-state index >= 15 is 0 Å². The Balaban J connectivity index is 1.90. The maximum absolute atomic E-state index is 13.1. The van der Waals surface area contributed by atoms with Crippen LogP contribution in [0.4, 0.5) is 5.69 Å². The smallest absolute Gasteiger partial charge is 0.258 e. The summed E-state index contributed by atoms with van der Waals surface area (Å²) in [5.74, 6) is 0.327. The number of allylic oxidation sites excluding steroid dienone is 3. The molecule has 1 saturated carbocycles. The summed E-state index contributed by atoms with van der Waals surface area (Å²) in [5, 5.41) is 4.33. The van der Waals surface area contributed by atoms with Crippen LogP contribution in [0.25, 0.3) is 10.8 Å². The van der Waals surface area contributed by atoms with Gasteiger partial charge in [-0.15, -0.1) is 0 Å². The average molecular weight is 425 g/mol. The molecule has 0 radical (unpaired) electrons. The highest BCUT2D eigenvalue weighted by Crippen LogP contribution is 2.26. The predicted molar refractivity (Wildman–Crippen MR) is 126 cm³/mol. The van der Waals surface area contributed by atoms with E-state index in [2.05, 4.69) is 5.32 Å². The molecule has 4 nitrogen and oxygen atoms in total. The SMILES string of the molecule is C\C=C/C(=C\C(C)=C\Cl)C(=O)Nc1cccc2c(=O)n(CC3CCCCC3)ccc12. The van der Waals surface area contributed by atoms with Crippen LogP contribution in [0.1, 0.15) is 46.0 Å². The molecule has 1 fully saturated rings. The number of fused-ring (bicyclic) bond motifs is 1. The Hall–Kier alpha value is -2.59. The number of pyridine rings is 1. The molecule has 1 aliphatic carbocycles. The third-order valence-electron chi connectivity index (χ3n) is 5.61. The van der Waals surface area contributed by atoms with Gasteiger partial charge in [0, 0.05) is 40.3 Å². The number of aromatic nitrogens is 1. The highest BCUT2D eigenvalue weighted by molar-refractivity contribution is 6.26. The Morgan fingerprint density at radius 3 is 2.67 bits per heavy atom. The molecule has 2 aromatic rings. The highest BCUT2D eigenvalue weighted by Gasteiger charge is 2.16. The minimum absolute atomic E-state index is 0.000639. The van der Waals surface area contributed by atoms with Crippen molar-refractivity contribution in [3.8, 4) is 0 Å². The van der Waals surface area contributed by atoms with Gasteiger partial charge in [0.15, 0.2) is 0 Å². The third kappa shape index (κ3) is 5.31. The molecule has 1 heterocycles. The number of anilines is 1.